The van der Waals surface area contributed by atoms with Crippen molar-refractivity contribution in [3.63, 3.8) is 0 Å². The molecule has 2 amide bonds. The molecule has 0 unspecified atom stereocenters. The van der Waals surface area contributed by atoms with Gasteiger partial charge in [-0.15, -0.1) is 0 Å². The number of carbonyl (C=O) groups is 2. The van der Waals surface area contributed by atoms with Crippen LogP contribution < -0.4 is 4.90 Å². The molecule has 1 aromatic carbocycles. The zero-order valence-electron chi connectivity index (χ0n) is 15.4. The minimum atomic E-state index is -0.775. The quantitative estimate of drug-likeness (QED) is 0.765. The first kappa shape index (κ1) is 17.3. The molecule has 1 aliphatic carbocycles. The predicted octanol–water partition coefficient (Wildman–Crippen LogP) is 1.28. The van der Waals surface area contributed by atoms with Gasteiger partial charge in [0.15, 0.2) is 0 Å². The van der Waals surface area contributed by atoms with E-state index < -0.39 is 5.41 Å². The second-order valence-electron chi connectivity index (χ2n) is 7.60. The molecular formula is C20H27N3O3. The van der Waals surface area contributed by atoms with E-state index in [0.29, 0.717) is 52.2 Å². The van der Waals surface area contributed by atoms with Crippen molar-refractivity contribution in [3.05, 3.63) is 29.8 Å². The van der Waals surface area contributed by atoms with Crippen molar-refractivity contribution >= 4 is 17.5 Å². The van der Waals surface area contributed by atoms with Crippen molar-refractivity contribution < 1.29 is 14.3 Å². The molecule has 3 fully saturated rings. The minimum absolute atomic E-state index is 0.0203. The lowest BCUT2D eigenvalue weighted by atomic mass is 10.0. The molecule has 1 aromatic rings. The molecule has 0 bridgehead atoms. The molecule has 26 heavy (non-hydrogen) atoms. The fraction of sp³-hybridized carbons (Fsp3) is 0.600. The molecule has 0 N–H and O–H groups in total. The number of amides is 2. The molecule has 0 aromatic heterocycles. The normalized spacial score (nSPS) is 22.3. The first-order chi connectivity index (χ1) is 12.6. The fourth-order valence-electron chi connectivity index (χ4n) is 4.01. The third-order valence-corrected chi connectivity index (χ3v) is 5.80. The highest BCUT2D eigenvalue weighted by Gasteiger charge is 2.59. The maximum Gasteiger partial charge on any atom is 0.238 e. The number of hydrogen-bond acceptors (Lipinski definition) is 4. The zero-order chi connectivity index (χ0) is 18.1. The van der Waals surface area contributed by atoms with Gasteiger partial charge in [-0.25, -0.2) is 0 Å². The van der Waals surface area contributed by atoms with Gasteiger partial charge in [-0.2, -0.15) is 0 Å². The molecule has 6 heteroatoms. The maximum absolute atomic E-state index is 13.1. The summed E-state index contributed by atoms with van der Waals surface area (Å²) in [5.41, 5.74) is 1.68. The smallest absolute Gasteiger partial charge is 0.238 e. The van der Waals surface area contributed by atoms with E-state index in [1.54, 1.807) is 0 Å². The highest BCUT2D eigenvalue weighted by molar-refractivity contribution is 6.08. The Labute approximate surface area is 154 Å². The van der Waals surface area contributed by atoms with Crippen LogP contribution in [0.5, 0.6) is 0 Å². The number of morpholine rings is 1. The predicted molar refractivity (Wildman–Crippen MR) is 99.0 cm³/mol. The van der Waals surface area contributed by atoms with Crippen molar-refractivity contribution in [2.24, 2.45) is 5.41 Å². The van der Waals surface area contributed by atoms with Gasteiger partial charge in [0.25, 0.3) is 0 Å². The van der Waals surface area contributed by atoms with Crippen LogP contribution in [0.1, 0.15) is 18.4 Å². The molecule has 4 rings (SSSR count). The van der Waals surface area contributed by atoms with Crippen molar-refractivity contribution in [2.45, 2.75) is 19.8 Å². The Bertz CT molecular complexity index is 687. The van der Waals surface area contributed by atoms with Crippen molar-refractivity contribution in [1.29, 1.82) is 0 Å². The van der Waals surface area contributed by atoms with E-state index in [9.17, 15) is 9.59 Å². The van der Waals surface area contributed by atoms with Crippen molar-refractivity contribution in [1.82, 2.24) is 9.80 Å². The molecule has 0 atom stereocenters. The molecule has 2 saturated heterocycles. The summed E-state index contributed by atoms with van der Waals surface area (Å²) in [7, 11) is 0. The van der Waals surface area contributed by atoms with Crippen LogP contribution in [-0.2, 0) is 14.3 Å². The number of benzene rings is 1. The standard InChI is InChI=1S/C20H27N3O3/c1-16-3-2-4-17(15-16)21-7-9-22(10-8-21)18(24)20(5-6-20)19(25)23-11-13-26-14-12-23/h2-4,15H,5-14H2,1H3. The number of nitrogens with zero attached hydrogens (tertiary/aromatic N) is 3. The van der Waals surface area contributed by atoms with Gasteiger partial charge in [-0.05, 0) is 37.5 Å². The number of carbonyl (C=O) groups excluding carboxylic acids is 2. The summed E-state index contributed by atoms with van der Waals surface area (Å²) in [5.74, 6) is 0.0600. The molecule has 2 aliphatic heterocycles. The number of anilines is 1. The van der Waals surface area contributed by atoms with E-state index in [2.05, 4.69) is 36.1 Å². The van der Waals surface area contributed by atoms with Crippen LogP contribution in [0, 0.1) is 12.3 Å². The fourth-order valence-corrected chi connectivity index (χ4v) is 4.01. The summed E-state index contributed by atoms with van der Waals surface area (Å²) in [5, 5.41) is 0. The second-order valence-corrected chi connectivity index (χ2v) is 7.60. The van der Waals surface area contributed by atoms with Crippen LogP contribution in [0.3, 0.4) is 0 Å². The van der Waals surface area contributed by atoms with E-state index >= 15 is 0 Å². The Balaban J connectivity index is 1.38. The van der Waals surface area contributed by atoms with E-state index in [1.165, 1.54) is 11.3 Å². The molecule has 1 saturated carbocycles. The van der Waals surface area contributed by atoms with Crippen LogP contribution >= 0.6 is 0 Å². The van der Waals surface area contributed by atoms with Gasteiger partial charge in [0.1, 0.15) is 5.41 Å². The van der Waals surface area contributed by atoms with Crippen molar-refractivity contribution in [2.75, 3.05) is 57.4 Å². The molecular weight excluding hydrogens is 330 g/mol. The number of aryl methyl sites for hydroxylation is 1. The Morgan fingerprint density at radius 1 is 0.923 bits per heavy atom. The first-order valence-corrected chi connectivity index (χ1v) is 9.58. The summed E-state index contributed by atoms with van der Waals surface area (Å²) in [6, 6.07) is 8.47. The number of ether oxygens (including phenoxy) is 1. The number of piperazine rings is 1. The lowest BCUT2D eigenvalue weighted by Crippen LogP contribution is -2.54. The molecule has 140 valence electrons. The average Bonchev–Trinajstić information content (AvgIpc) is 3.50. The summed E-state index contributed by atoms with van der Waals surface area (Å²) < 4.78 is 5.33. The molecule has 0 radical (unpaired) electrons. The van der Waals surface area contributed by atoms with Crippen LogP contribution in [0.25, 0.3) is 0 Å². The molecule has 0 spiro atoms. The van der Waals surface area contributed by atoms with Gasteiger partial charge < -0.3 is 19.4 Å². The topological polar surface area (TPSA) is 53.1 Å². The summed E-state index contributed by atoms with van der Waals surface area (Å²) in [6.07, 6.45) is 1.39. The lowest BCUT2D eigenvalue weighted by molar-refractivity contribution is -0.152. The Morgan fingerprint density at radius 2 is 1.54 bits per heavy atom. The Morgan fingerprint density at radius 3 is 2.12 bits per heavy atom. The van der Waals surface area contributed by atoms with E-state index in [-0.39, 0.29) is 11.8 Å². The van der Waals surface area contributed by atoms with Gasteiger partial charge in [0, 0.05) is 45.0 Å². The zero-order valence-corrected chi connectivity index (χ0v) is 15.4. The van der Waals surface area contributed by atoms with E-state index in [1.807, 2.05) is 9.80 Å². The first-order valence-electron chi connectivity index (χ1n) is 9.58. The van der Waals surface area contributed by atoms with E-state index in [0.717, 1.165) is 13.1 Å². The largest absolute Gasteiger partial charge is 0.378 e. The molecule has 3 aliphatic rings. The summed E-state index contributed by atoms with van der Waals surface area (Å²) >= 11 is 0. The Hall–Kier alpha value is -2.08. The van der Waals surface area contributed by atoms with Gasteiger partial charge in [-0.3, -0.25) is 9.59 Å². The third kappa shape index (κ3) is 3.18. The summed E-state index contributed by atoms with van der Waals surface area (Å²) in [6.45, 7) is 7.46. The lowest BCUT2D eigenvalue weighted by Gasteiger charge is -2.38. The highest BCUT2D eigenvalue weighted by Crippen LogP contribution is 2.49. The maximum atomic E-state index is 13.1. The summed E-state index contributed by atoms with van der Waals surface area (Å²) in [4.78, 5) is 32.0. The average molecular weight is 357 g/mol. The third-order valence-electron chi connectivity index (χ3n) is 5.80. The molecule has 2 heterocycles. The van der Waals surface area contributed by atoms with Crippen molar-refractivity contribution in [3.8, 4) is 0 Å². The number of rotatable bonds is 3. The van der Waals surface area contributed by atoms with Gasteiger partial charge >= 0.3 is 0 Å². The second kappa shape index (κ2) is 6.91. The molecule has 6 nitrogen and oxygen atoms in total. The van der Waals surface area contributed by atoms with Gasteiger partial charge in [0.2, 0.25) is 11.8 Å². The van der Waals surface area contributed by atoms with Gasteiger partial charge in [0.05, 0.1) is 13.2 Å². The van der Waals surface area contributed by atoms with Crippen LogP contribution in [0.15, 0.2) is 24.3 Å². The Kier molecular flexibility index (Phi) is 4.61. The SMILES string of the molecule is Cc1cccc(N2CCN(C(=O)C3(C(=O)N4CCOCC4)CC3)CC2)c1. The highest BCUT2D eigenvalue weighted by atomic mass is 16.5. The van der Waals surface area contributed by atoms with Crippen LogP contribution in [0.2, 0.25) is 0 Å². The minimum Gasteiger partial charge on any atom is -0.378 e. The number of hydrogen-bond donors (Lipinski definition) is 0. The monoisotopic (exact) mass is 357 g/mol. The van der Waals surface area contributed by atoms with Crippen LogP contribution in [-0.4, -0.2) is 74.1 Å². The van der Waals surface area contributed by atoms with Crippen LogP contribution in [0.4, 0.5) is 5.69 Å². The van der Waals surface area contributed by atoms with Gasteiger partial charge in [-0.1, -0.05) is 12.1 Å². The van der Waals surface area contributed by atoms with E-state index in [4.69, 9.17) is 4.74 Å².